The number of nitrogens with one attached hydrogen (secondary N) is 2. The van der Waals surface area contributed by atoms with Crippen LogP contribution in [0.3, 0.4) is 0 Å². The van der Waals surface area contributed by atoms with Crippen LogP contribution in [-0.2, 0) is 0 Å². The number of hydrogen-bond donors (Lipinski definition) is 2. The van der Waals surface area contributed by atoms with Crippen LogP contribution in [0, 0.1) is 0 Å². The lowest BCUT2D eigenvalue weighted by atomic mass is 10.3. The molecule has 1 aliphatic heterocycles. The molecule has 2 amide bonds. The van der Waals surface area contributed by atoms with Crippen molar-refractivity contribution in [2.24, 2.45) is 0 Å². The molecule has 0 radical (unpaired) electrons. The zero-order valence-electron chi connectivity index (χ0n) is 9.42. The van der Waals surface area contributed by atoms with Gasteiger partial charge in [0.15, 0.2) is 0 Å². The summed E-state index contributed by atoms with van der Waals surface area (Å²) in [5.41, 5.74) is 0. The van der Waals surface area contributed by atoms with Crippen molar-refractivity contribution in [1.29, 1.82) is 0 Å². The third-order valence-electron chi connectivity index (χ3n) is 2.38. The lowest BCUT2D eigenvalue weighted by Gasteiger charge is -2.25. The fraction of sp³-hybridized carbons (Fsp3) is 0.900. The Labute approximate surface area is 96.2 Å². The van der Waals surface area contributed by atoms with Gasteiger partial charge in [0, 0.05) is 37.7 Å². The third-order valence-corrected chi connectivity index (χ3v) is 3.32. The van der Waals surface area contributed by atoms with E-state index in [1.807, 2.05) is 18.7 Å². The molecule has 88 valence electrons. The minimum atomic E-state index is -0.0494. The summed E-state index contributed by atoms with van der Waals surface area (Å²) in [5.74, 6) is 2.51. The first-order valence-electron chi connectivity index (χ1n) is 5.64. The fourth-order valence-electron chi connectivity index (χ4n) is 1.55. The van der Waals surface area contributed by atoms with Crippen LogP contribution in [0.4, 0.5) is 4.79 Å². The summed E-state index contributed by atoms with van der Waals surface area (Å²) < 4.78 is 0. The molecule has 1 aliphatic rings. The molecule has 0 atom stereocenters. The average Bonchev–Trinajstić information content (AvgIpc) is 2.26. The molecule has 0 spiro atoms. The van der Waals surface area contributed by atoms with Crippen LogP contribution in [0.25, 0.3) is 0 Å². The highest BCUT2D eigenvalue weighted by Gasteiger charge is 2.09. The molecule has 1 heterocycles. The van der Waals surface area contributed by atoms with Crippen LogP contribution < -0.4 is 10.6 Å². The Hall–Kier alpha value is -0.420. The second-order valence-corrected chi connectivity index (χ2v) is 4.82. The summed E-state index contributed by atoms with van der Waals surface area (Å²) in [5, 5.41) is 5.56. The standard InChI is InChI=1S/C10H21N3OS/c1-2-11-10(14)12-4-3-5-13-6-8-15-9-7-13/h2-9H2,1H3,(H2,11,12,14). The average molecular weight is 231 g/mol. The predicted octanol–water partition coefficient (Wildman–Crippen LogP) is 0.744. The molecular weight excluding hydrogens is 210 g/mol. The number of carbonyl (C=O) groups is 1. The Kier molecular flexibility index (Phi) is 6.59. The van der Waals surface area contributed by atoms with Crippen LogP contribution in [0.5, 0.6) is 0 Å². The zero-order chi connectivity index (χ0) is 10.9. The van der Waals surface area contributed by atoms with Gasteiger partial charge >= 0.3 is 6.03 Å². The number of urea groups is 1. The van der Waals surface area contributed by atoms with E-state index in [9.17, 15) is 4.79 Å². The Balaban J connectivity index is 1.93. The second kappa shape index (κ2) is 7.82. The van der Waals surface area contributed by atoms with Crippen LogP contribution in [-0.4, -0.2) is 55.2 Å². The van der Waals surface area contributed by atoms with Gasteiger partial charge in [0.25, 0.3) is 0 Å². The van der Waals surface area contributed by atoms with Crippen molar-refractivity contribution in [1.82, 2.24) is 15.5 Å². The summed E-state index contributed by atoms with van der Waals surface area (Å²) >= 11 is 2.03. The van der Waals surface area contributed by atoms with Gasteiger partial charge in [0.1, 0.15) is 0 Å². The Morgan fingerprint density at radius 1 is 1.33 bits per heavy atom. The van der Waals surface area contributed by atoms with Crippen molar-refractivity contribution >= 4 is 17.8 Å². The lowest BCUT2D eigenvalue weighted by Crippen LogP contribution is -2.38. The third kappa shape index (κ3) is 5.89. The molecule has 1 fully saturated rings. The quantitative estimate of drug-likeness (QED) is 0.686. The molecule has 4 nitrogen and oxygen atoms in total. The highest BCUT2D eigenvalue weighted by atomic mass is 32.2. The first-order valence-corrected chi connectivity index (χ1v) is 6.80. The van der Waals surface area contributed by atoms with Crippen molar-refractivity contribution in [3.05, 3.63) is 0 Å². The van der Waals surface area contributed by atoms with Crippen molar-refractivity contribution in [3.63, 3.8) is 0 Å². The van der Waals surface area contributed by atoms with E-state index < -0.39 is 0 Å². The molecule has 0 aromatic rings. The maximum Gasteiger partial charge on any atom is 0.314 e. The van der Waals surface area contributed by atoms with E-state index in [0.29, 0.717) is 6.54 Å². The molecule has 0 aromatic heterocycles. The fourth-order valence-corrected chi connectivity index (χ4v) is 2.53. The van der Waals surface area contributed by atoms with E-state index in [1.54, 1.807) is 0 Å². The smallest absolute Gasteiger partial charge is 0.314 e. The lowest BCUT2D eigenvalue weighted by molar-refractivity contribution is 0.239. The second-order valence-electron chi connectivity index (χ2n) is 3.59. The van der Waals surface area contributed by atoms with Gasteiger partial charge in [-0.3, -0.25) is 0 Å². The summed E-state index contributed by atoms with van der Waals surface area (Å²) in [6, 6.07) is -0.0494. The van der Waals surface area contributed by atoms with Crippen LogP contribution in [0.2, 0.25) is 0 Å². The highest BCUT2D eigenvalue weighted by Crippen LogP contribution is 2.08. The van der Waals surface area contributed by atoms with Crippen LogP contribution in [0.15, 0.2) is 0 Å². The number of carbonyl (C=O) groups excluding carboxylic acids is 1. The minimum absolute atomic E-state index is 0.0494. The summed E-state index contributed by atoms with van der Waals surface area (Å²) in [6.07, 6.45) is 1.04. The molecule has 0 unspecified atom stereocenters. The Bertz CT molecular complexity index is 184. The summed E-state index contributed by atoms with van der Waals surface area (Å²) in [7, 11) is 0. The summed E-state index contributed by atoms with van der Waals surface area (Å²) in [4.78, 5) is 13.5. The largest absolute Gasteiger partial charge is 0.338 e. The number of amides is 2. The number of nitrogens with zero attached hydrogens (tertiary/aromatic N) is 1. The van der Waals surface area contributed by atoms with Crippen LogP contribution in [0.1, 0.15) is 13.3 Å². The zero-order valence-corrected chi connectivity index (χ0v) is 10.2. The Morgan fingerprint density at radius 2 is 2.07 bits per heavy atom. The molecule has 0 saturated carbocycles. The van der Waals surface area contributed by atoms with Gasteiger partial charge in [-0.25, -0.2) is 4.79 Å². The van der Waals surface area contributed by atoms with Gasteiger partial charge < -0.3 is 15.5 Å². The topological polar surface area (TPSA) is 44.4 Å². The molecule has 0 aromatic carbocycles. The first kappa shape index (κ1) is 12.6. The minimum Gasteiger partial charge on any atom is -0.338 e. The molecule has 0 bridgehead atoms. The maximum absolute atomic E-state index is 11.1. The molecule has 2 N–H and O–H groups in total. The van der Waals surface area contributed by atoms with E-state index >= 15 is 0 Å². The molecule has 15 heavy (non-hydrogen) atoms. The normalized spacial score (nSPS) is 17.4. The van der Waals surface area contributed by atoms with Gasteiger partial charge in [-0.05, 0) is 19.9 Å². The van der Waals surface area contributed by atoms with E-state index in [2.05, 4.69) is 15.5 Å². The number of thioether (sulfide) groups is 1. The van der Waals surface area contributed by atoms with E-state index in [1.165, 1.54) is 24.6 Å². The van der Waals surface area contributed by atoms with Gasteiger partial charge in [0.2, 0.25) is 0 Å². The molecule has 0 aliphatic carbocycles. The number of rotatable bonds is 5. The van der Waals surface area contributed by atoms with E-state index in [-0.39, 0.29) is 6.03 Å². The van der Waals surface area contributed by atoms with E-state index in [4.69, 9.17) is 0 Å². The SMILES string of the molecule is CCNC(=O)NCCCN1CCSCC1. The Morgan fingerprint density at radius 3 is 2.73 bits per heavy atom. The number of hydrogen-bond acceptors (Lipinski definition) is 3. The summed E-state index contributed by atoms with van der Waals surface area (Å²) in [6.45, 7) is 6.89. The van der Waals surface area contributed by atoms with E-state index in [0.717, 1.165) is 19.5 Å². The molecular formula is C10H21N3OS. The van der Waals surface area contributed by atoms with Crippen molar-refractivity contribution in [2.45, 2.75) is 13.3 Å². The van der Waals surface area contributed by atoms with Gasteiger partial charge in [-0.2, -0.15) is 11.8 Å². The van der Waals surface area contributed by atoms with Gasteiger partial charge in [0.05, 0.1) is 0 Å². The van der Waals surface area contributed by atoms with Crippen LogP contribution >= 0.6 is 11.8 Å². The molecule has 1 saturated heterocycles. The predicted molar refractivity (Wildman–Crippen MR) is 65.5 cm³/mol. The van der Waals surface area contributed by atoms with Gasteiger partial charge in [-0.1, -0.05) is 0 Å². The van der Waals surface area contributed by atoms with Gasteiger partial charge in [-0.15, -0.1) is 0 Å². The molecule has 1 rings (SSSR count). The monoisotopic (exact) mass is 231 g/mol. The highest BCUT2D eigenvalue weighted by molar-refractivity contribution is 7.99. The first-order chi connectivity index (χ1) is 7.33. The maximum atomic E-state index is 11.1. The molecule has 5 heteroatoms. The van der Waals surface area contributed by atoms with Crippen molar-refractivity contribution < 1.29 is 4.79 Å². The van der Waals surface area contributed by atoms with Crippen molar-refractivity contribution in [3.8, 4) is 0 Å². The van der Waals surface area contributed by atoms with Crippen molar-refractivity contribution in [2.75, 3.05) is 44.2 Å².